The van der Waals surface area contributed by atoms with Crippen molar-refractivity contribution in [1.82, 2.24) is 9.88 Å². The molecule has 0 saturated carbocycles. The number of pyridine rings is 1. The van der Waals surface area contributed by atoms with Gasteiger partial charge in [0.2, 0.25) is 11.7 Å². The highest BCUT2D eigenvalue weighted by atomic mass is 19.1. The Balaban J connectivity index is 1.46. The Kier molecular flexibility index (Phi) is 5.80. The molecule has 2 heterocycles. The van der Waals surface area contributed by atoms with E-state index < -0.39 is 4.92 Å². The Hall–Kier alpha value is -3.23. The number of hydrogen-bond acceptors (Lipinski definition) is 6. The molecule has 9 heteroatoms. The number of aromatic nitrogens is 1. The van der Waals surface area contributed by atoms with E-state index in [-0.39, 0.29) is 36.2 Å². The number of hydrogen-bond donors (Lipinski definition) is 1. The smallest absolute Gasteiger partial charge is 0.311 e. The molecule has 2 aromatic rings. The highest BCUT2D eigenvalue weighted by Gasteiger charge is 2.21. The van der Waals surface area contributed by atoms with Crippen molar-refractivity contribution in [3.63, 3.8) is 0 Å². The number of benzene rings is 1. The molecule has 1 aromatic carbocycles. The lowest BCUT2D eigenvalue weighted by Crippen LogP contribution is -2.49. The van der Waals surface area contributed by atoms with Crippen molar-refractivity contribution in [3.05, 3.63) is 58.5 Å². The van der Waals surface area contributed by atoms with Crippen molar-refractivity contribution in [1.29, 1.82) is 0 Å². The maximum absolute atomic E-state index is 13.0. The number of nitrogens with zero attached hydrogens (tertiary/aromatic N) is 4. The Morgan fingerprint density at radius 2 is 1.89 bits per heavy atom. The van der Waals surface area contributed by atoms with Crippen LogP contribution in [0.5, 0.6) is 0 Å². The third-order valence-electron chi connectivity index (χ3n) is 4.44. The van der Waals surface area contributed by atoms with E-state index in [1.54, 1.807) is 17.0 Å². The van der Waals surface area contributed by atoms with Gasteiger partial charge in [-0.15, -0.1) is 0 Å². The van der Waals surface area contributed by atoms with Gasteiger partial charge in [0.15, 0.2) is 0 Å². The second-order valence-electron chi connectivity index (χ2n) is 6.15. The van der Waals surface area contributed by atoms with Crippen LogP contribution in [0.25, 0.3) is 0 Å². The minimum absolute atomic E-state index is 0.0140. The van der Waals surface area contributed by atoms with Gasteiger partial charge in [0, 0.05) is 57.1 Å². The van der Waals surface area contributed by atoms with Crippen LogP contribution in [0.3, 0.4) is 0 Å². The molecular formula is C18H20FN5O3. The fraction of sp³-hybridized carbons (Fsp3) is 0.333. The quantitative estimate of drug-likeness (QED) is 0.617. The van der Waals surface area contributed by atoms with E-state index in [2.05, 4.69) is 15.2 Å². The second kappa shape index (κ2) is 8.43. The highest BCUT2D eigenvalue weighted by Crippen LogP contribution is 2.20. The van der Waals surface area contributed by atoms with Crippen LogP contribution in [0.15, 0.2) is 42.6 Å². The van der Waals surface area contributed by atoms with E-state index in [0.717, 1.165) is 5.69 Å². The summed E-state index contributed by atoms with van der Waals surface area (Å²) >= 11 is 0. The normalized spacial score (nSPS) is 14.1. The molecule has 1 aromatic heterocycles. The molecule has 1 aliphatic heterocycles. The summed E-state index contributed by atoms with van der Waals surface area (Å²) in [7, 11) is 0. The number of piperazine rings is 1. The van der Waals surface area contributed by atoms with Crippen LogP contribution in [-0.2, 0) is 4.79 Å². The molecule has 0 aliphatic carbocycles. The number of anilines is 2. The molecule has 1 fully saturated rings. The maximum Gasteiger partial charge on any atom is 0.311 e. The summed E-state index contributed by atoms with van der Waals surface area (Å²) in [6.07, 6.45) is 1.69. The zero-order valence-corrected chi connectivity index (χ0v) is 14.7. The first-order valence-corrected chi connectivity index (χ1v) is 8.66. The Bertz CT molecular complexity index is 807. The monoisotopic (exact) mass is 373 g/mol. The lowest BCUT2D eigenvalue weighted by molar-refractivity contribution is -0.384. The predicted molar refractivity (Wildman–Crippen MR) is 99.2 cm³/mol. The summed E-state index contributed by atoms with van der Waals surface area (Å²) in [4.78, 5) is 30.6. The molecule has 0 spiro atoms. The molecule has 1 saturated heterocycles. The Labute approximate surface area is 155 Å². The number of halogens is 1. The number of nitrogens with one attached hydrogen (secondary N) is 1. The van der Waals surface area contributed by atoms with Gasteiger partial charge in [0.1, 0.15) is 5.82 Å². The first-order valence-electron chi connectivity index (χ1n) is 8.66. The van der Waals surface area contributed by atoms with Crippen LogP contribution in [0.2, 0.25) is 0 Å². The molecule has 0 atom stereocenters. The maximum atomic E-state index is 13.0. The molecule has 142 valence electrons. The fourth-order valence-corrected chi connectivity index (χ4v) is 2.99. The van der Waals surface area contributed by atoms with E-state index in [1.807, 2.05) is 0 Å². The molecule has 8 nitrogen and oxygen atoms in total. The second-order valence-corrected chi connectivity index (χ2v) is 6.15. The van der Waals surface area contributed by atoms with Crippen LogP contribution < -0.4 is 10.2 Å². The minimum atomic E-state index is -0.508. The van der Waals surface area contributed by atoms with Gasteiger partial charge >= 0.3 is 5.69 Å². The summed E-state index contributed by atoms with van der Waals surface area (Å²) in [6, 6.07) is 9.18. The van der Waals surface area contributed by atoms with Gasteiger partial charge < -0.3 is 15.1 Å². The van der Waals surface area contributed by atoms with E-state index >= 15 is 0 Å². The Morgan fingerprint density at radius 3 is 2.56 bits per heavy atom. The van der Waals surface area contributed by atoms with Crippen LogP contribution in [0, 0.1) is 15.9 Å². The minimum Gasteiger partial charge on any atom is -0.368 e. The van der Waals surface area contributed by atoms with Gasteiger partial charge in [-0.2, -0.15) is 0 Å². The SMILES string of the molecule is O=C(CCNc1ncccc1[N+](=O)[O-])N1CCN(c2ccc(F)cc2)CC1. The van der Waals surface area contributed by atoms with E-state index in [9.17, 15) is 19.3 Å². The van der Waals surface area contributed by atoms with Gasteiger partial charge in [-0.1, -0.05) is 0 Å². The molecular weight excluding hydrogens is 353 g/mol. The largest absolute Gasteiger partial charge is 0.368 e. The van der Waals surface area contributed by atoms with Gasteiger partial charge in [0.05, 0.1) is 4.92 Å². The lowest BCUT2D eigenvalue weighted by Gasteiger charge is -2.36. The summed E-state index contributed by atoms with van der Waals surface area (Å²) in [6.45, 7) is 2.79. The van der Waals surface area contributed by atoms with Gasteiger partial charge in [-0.05, 0) is 30.3 Å². The third kappa shape index (κ3) is 4.69. The molecule has 1 aliphatic rings. The van der Waals surface area contributed by atoms with Crippen molar-refractivity contribution in [2.24, 2.45) is 0 Å². The number of carbonyl (C=O) groups excluding carboxylic acids is 1. The number of carbonyl (C=O) groups is 1. The zero-order chi connectivity index (χ0) is 19.2. The highest BCUT2D eigenvalue weighted by molar-refractivity contribution is 5.77. The van der Waals surface area contributed by atoms with Crippen molar-refractivity contribution >= 4 is 23.1 Å². The molecule has 1 amide bonds. The molecule has 3 rings (SSSR count). The van der Waals surface area contributed by atoms with Crippen LogP contribution >= 0.6 is 0 Å². The average molecular weight is 373 g/mol. The zero-order valence-electron chi connectivity index (χ0n) is 14.7. The van der Waals surface area contributed by atoms with Gasteiger partial charge in [-0.25, -0.2) is 9.37 Å². The number of amides is 1. The molecule has 0 bridgehead atoms. The number of rotatable bonds is 6. The first kappa shape index (κ1) is 18.6. The van der Waals surface area contributed by atoms with E-state index in [1.165, 1.54) is 30.5 Å². The van der Waals surface area contributed by atoms with Crippen molar-refractivity contribution in [3.8, 4) is 0 Å². The van der Waals surface area contributed by atoms with E-state index in [0.29, 0.717) is 26.2 Å². The van der Waals surface area contributed by atoms with Crippen LogP contribution in [-0.4, -0.2) is 53.4 Å². The molecule has 1 N–H and O–H groups in total. The lowest BCUT2D eigenvalue weighted by atomic mass is 10.2. The third-order valence-corrected chi connectivity index (χ3v) is 4.44. The first-order chi connectivity index (χ1) is 13.0. The summed E-state index contributed by atoms with van der Waals surface area (Å²) in [5.74, 6) is -0.121. The fourth-order valence-electron chi connectivity index (χ4n) is 2.99. The topological polar surface area (TPSA) is 91.6 Å². The van der Waals surface area contributed by atoms with Crippen LogP contribution in [0.1, 0.15) is 6.42 Å². The van der Waals surface area contributed by atoms with Crippen molar-refractivity contribution < 1.29 is 14.1 Å². The molecule has 0 unspecified atom stereocenters. The predicted octanol–water partition coefficient (Wildman–Crippen LogP) is 2.28. The summed E-state index contributed by atoms with van der Waals surface area (Å²) in [5.41, 5.74) is 0.825. The van der Waals surface area contributed by atoms with Crippen molar-refractivity contribution in [2.45, 2.75) is 6.42 Å². The average Bonchev–Trinajstić information content (AvgIpc) is 2.69. The van der Waals surface area contributed by atoms with Gasteiger partial charge in [-0.3, -0.25) is 14.9 Å². The molecule has 27 heavy (non-hydrogen) atoms. The van der Waals surface area contributed by atoms with E-state index in [4.69, 9.17) is 0 Å². The molecule has 0 radical (unpaired) electrons. The van der Waals surface area contributed by atoms with Crippen molar-refractivity contribution in [2.75, 3.05) is 42.9 Å². The standard InChI is InChI=1S/C18H20FN5O3/c19-14-3-5-15(6-4-14)22-10-12-23(13-11-22)17(25)7-9-21-18-16(24(26)27)2-1-8-20-18/h1-6,8H,7,9-13H2,(H,20,21). The Morgan fingerprint density at radius 1 is 1.19 bits per heavy atom. The van der Waals surface area contributed by atoms with Crippen LogP contribution in [0.4, 0.5) is 21.6 Å². The summed E-state index contributed by atoms with van der Waals surface area (Å²) < 4.78 is 13.0. The van der Waals surface area contributed by atoms with Gasteiger partial charge in [0.25, 0.3) is 0 Å². The summed E-state index contributed by atoms with van der Waals surface area (Å²) in [5, 5.41) is 13.8. The number of nitro groups is 1.